The third-order valence-corrected chi connectivity index (χ3v) is 5.23. The number of nitrogens with one attached hydrogen (secondary N) is 1. The Bertz CT molecular complexity index is 642. The van der Waals surface area contributed by atoms with E-state index in [4.69, 9.17) is 0 Å². The van der Waals surface area contributed by atoms with Gasteiger partial charge in [-0.3, -0.25) is 4.98 Å². The van der Waals surface area contributed by atoms with Gasteiger partial charge in [-0.25, -0.2) is 4.79 Å². The minimum absolute atomic E-state index is 0.0434. The zero-order chi connectivity index (χ0) is 17.5. The summed E-state index contributed by atoms with van der Waals surface area (Å²) in [5.41, 5.74) is 2.36. The maximum Gasteiger partial charge on any atom is 0.317 e. The minimum atomic E-state index is -0.0434. The van der Waals surface area contributed by atoms with Crippen molar-refractivity contribution in [2.24, 2.45) is 5.92 Å². The number of pyridine rings is 1. The summed E-state index contributed by atoms with van der Waals surface area (Å²) in [5.74, 6) is 0.0525. The first kappa shape index (κ1) is 17.7. The van der Waals surface area contributed by atoms with Gasteiger partial charge in [0.05, 0.1) is 0 Å². The molecule has 0 aliphatic carbocycles. The number of rotatable bonds is 6. The van der Waals surface area contributed by atoms with Crippen LogP contribution in [0.5, 0.6) is 0 Å². The first-order chi connectivity index (χ1) is 12.3. The van der Waals surface area contributed by atoms with Gasteiger partial charge in [0, 0.05) is 63.3 Å². The zero-order valence-corrected chi connectivity index (χ0v) is 15.0. The summed E-state index contributed by atoms with van der Waals surface area (Å²) in [6.07, 6.45) is 4.37. The topological polar surface area (TPSA) is 68.7 Å². The average Bonchev–Trinajstić information content (AvgIpc) is 3.19. The summed E-state index contributed by atoms with van der Waals surface area (Å²) >= 11 is 1.65. The number of carbonyl (C=O) groups is 1. The summed E-state index contributed by atoms with van der Waals surface area (Å²) in [7, 11) is 0. The van der Waals surface area contributed by atoms with Crippen LogP contribution in [0.2, 0.25) is 0 Å². The maximum atomic E-state index is 12.4. The van der Waals surface area contributed by atoms with Crippen LogP contribution >= 0.6 is 11.3 Å². The van der Waals surface area contributed by atoms with Crippen LogP contribution in [0.3, 0.4) is 0 Å². The first-order valence-electron chi connectivity index (χ1n) is 8.56. The second-order valence-electron chi connectivity index (χ2n) is 6.25. The molecule has 1 fully saturated rings. The molecule has 0 bridgehead atoms. The van der Waals surface area contributed by atoms with Crippen LogP contribution in [0.15, 0.2) is 41.4 Å². The van der Waals surface area contributed by atoms with E-state index >= 15 is 0 Å². The van der Waals surface area contributed by atoms with E-state index in [1.807, 2.05) is 22.4 Å². The van der Waals surface area contributed by atoms with Gasteiger partial charge < -0.3 is 20.2 Å². The standard InChI is InChI=1S/C18H24N4O2S/c23-13-16(11-15-3-10-25-14-15)12-20-18(24)22-8-6-21(7-9-22)17-1-4-19-5-2-17/h1-5,10,14,16,23H,6-9,11-13H2,(H,20,24)/t16-/m0/s1. The number of anilines is 1. The summed E-state index contributed by atoms with van der Waals surface area (Å²) in [6, 6.07) is 6.00. The lowest BCUT2D eigenvalue weighted by Gasteiger charge is -2.36. The van der Waals surface area contributed by atoms with Gasteiger partial charge >= 0.3 is 6.03 Å². The van der Waals surface area contributed by atoms with Crippen molar-refractivity contribution in [3.05, 3.63) is 46.9 Å². The summed E-state index contributed by atoms with van der Waals surface area (Å²) < 4.78 is 0. The molecule has 0 saturated carbocycles. The Kier molecular flexibility index (Phi) is 6.25. The third-order valence-electron chi connectivity index (χ3n) is 4.50. The molecule has 1 atom stereocenters. The van der Waals surface area contributed by atoms with Crippen LogP contribution in [0.4, 0.5) is 10.5 Å². The van der Waals surface area contributed by atoms with Gasteiger partial charge in [-0.05, 0) is 40.9 Å². The number of aliphatic hydroxyl groups is 1. The van der Waals surface area contributed by atoms with Crippen molar-refractivity contribution in [1.82, 2.24) is 15.2 Å². The molecule has 1 aliphatic heterocycles. The molecule has 7 heteroatoms. The van der Waals surface area contributed by atoms with Crippen LogP contribution in [-0.2, 0) is 6.42 Å². The molecular weight excluding hydrogens is 336 g/mol. The van der Waals surface area contributed by atoms with Gasteiger partial charge in [0.2, 0.25) is 0 Å². The molecule has 0 spiro atoms. The van der Waals surface area contributed by atoms with E-state index in [1.54, 1.807) is 23.7 Å². The molecule has 1 saturated heterocycles. The van der Waals surface area contributed by atoms with Crippen molar-refractivity contribution < 1.29 is 9.90 Å². The number of thiophene rings is 1. The lowest BCUT2D eigenvalue weighted by atomic mass is 10.0. The minimum Gasteiger partial charge on any atom is -0.396 e. The highest BCUT2D eigenvalue weighted by Crippen LogP contribution is 2.15. The molecule has 3 heterocycles. The Morgan fingerprint density at radius 1 is 1.24 bits per heavy atom. The molecular formula is C18H24N4O2S. The van der Waals surface area contributed by atoms with E-state index < -0.39 is 0 Å². The average molecular weight is 360 g/mol. The van der Waals surface area contributed by atoms with E-state index in [2.05, 4.69) is 26.6 Å². The second kappa shape index (κ2) is 8.82. The van der Waals surface area contributed by atoms with Gasteiger partial charge in [0.15, 0.2) is 0 Å². The molecule has 0 radical (unpaired) electrons. The van der Waals surface area contributed by atoms with Crippen LogP contribution in [-0.4, -0.2) is 60.4 Å². The van der Waals surface area contributed by atoms with E-state index in [0.29, 0.717) is 19.6 Å². The fourth-order valence-electron chi connectivity index (χ4n) is 3.01. The first-order valence-corrected chi connectivity index (χ1v) is 9.50. The molecule has 2 amide bonds. The fourth-order valence-corrected chi connectivity index (χ4v) is 3.69. The molecule has 0 aromatic carbocycles. The highest BCUT2D eigenvalue weighted by atomic mass is 32.1. The monoisotopic (exact) mass is 360 g/mol. The molecule has 3 rings (SSSR count). The van der Waals surface area contributed by atoms with E-state index in [-0.39, 0.29) is 18.6 Å². The Morgan fingerprint density at radius 3 is 2.64 bits per heavy atom. The number of amides is 2. The van der Waals surface area contributed by atoms with Gasteiger partial charge in [0.25, 0.3) is 0 Å². The third kappa shape index (κ3) is 4.93. The van der Waals surface area contributed by atoms with Crippen LogP contribution in [0.25, 0.3) is 0 Å². The van der Waals surface area contributed by atoms with Crippen LogP contribution in [0, 0.1) is 5.92 Å². The molecule has 2 aromatic rings. The van der Waals surface area contributed by atoms with Gasteiger partial charge in [0.1, 0.15) is 0 Å². The number of urea groups is 1. The number of piperazine rings is 1. The van der Waals surface area contributed by atoms with E-state index in [9.17, 15) is 9.90 Å². The molecule has 1 aliphatic rings. The smallest absolute Gasteiger partial charge is 0.317 e. The molecule has 6 nitrogen and oxygen atoms in total. The number of aliphatic hydroxyl groups excluding tert-OH is 1. The van der Waals surface area contributed by atoms with Crippen molar-refractivity contribution in [2.75, 3.05) is 44.2 Å². The van der Waals surface area contributed by atoms with Gasteiger partial charge in [-0.1, -0.05) is 0 Å². The van der Waals surface area contributed by atoms with Crippen molar-refractivity contribution in [3.8, 4) is 0 Å². The largest absolute Gasteiger partial charge is 0.396 e. The Balaban J connectivity index is 1.43. The second-order valence-corrected chi connectivity index (χ2v) is 7.03. The molecule has 0 unspecified atom stereocenters. The number of aromatic nitrogens is 1. The quantitative estimate of drug-likeness (QED) is 0.825. The normalized spacial score (nSPS) is 15.9. The van der Waals surface area contributed by atoms with E-state index in [1.165, 1.54) is 5.56 Å². The van der Waals surface area contributed by atoms with Gasteiger partial charge in [-0.15, -0.1) is 0 Å². The number of carbonyl (C=O) groups excluding carboxylic acids is 1. The summed E-state index contributed by atoms with van der Waals surface area (Å²) in [4.78, 5) is 20.5. The maximum absolute atomic E-state index is 12.4. The van der Waals surface area contributed by atoms with E-state index in [0.717, 1.165) is 25.2 Å². The fraction of sp³-hybridized carbons (Fsp3) is 0.444. The Morgan fingerprint density at radius 2 is 2.00 bits per heavy atom. The number of nitrogens with zero attached hydrogens (tertiary/aromatic N) is 3. The molecule has 2 N–H and O–H groups in total. The van der Waals surface area contributed by atoms with Crippen LogP contribution in [0.1, 0.15) is 5.56 Å². The lowest BCUT2D eigenvalue weighted by Crippen LogP contribution is -2.52. The van der Waals surface area contributed by atoms with Crippen molar-refractivity contribution >= 4 is 23.1 Å². The number of hydrogen-bond donors (Lipinski definition) is 2. The highest BCUT2D eigenvalue weighted by molar-refractivity contribution is 7.07. The van der Waals surface area contributed by atoms with Gasteiger partial charge in [-0.2, -0.15) is 11.3 Å². The summed E-state index contributed by atoms with van der Waals surface area (Å²) in [5, 5.41) is 16.6. The van der Waals surface area contributed by atoms with Crippen molar-refractivity contribution in [2.45, 2.75) is 6.42 Å². The summed E-state index contributed by atoms with van der Waals surface area (Å²) in [6.45, 7) is 3.60. The number of hydrogen-bond acceptors (Lipinski definition) is 5. The molecule has 2 aromatic heterocycles. The zero-order valence-electron chi connectivity index (χ0n) is 14.2. The predicted octanol–water partition coefficient (Wildman–Crippen LogP) is 1.83. The van der Waals surface area contributed by atoms with Crippen LogP contribution < -0.4 is 10.2 Å². The Labute approximate surface area is 152 Å². The predicted molar refractivity (Wildman–Crippen MR) is 100 cm³/mol. The highest BCUT2D eigenvalue weighted by Gasteiger charge is 2.21. The van der Waals surface area contributed by atoms with Crippen molar-refractivity contribution in [3.63, 3.8) is 0 Å². The Hall–Kier alpha value is -2.12. The van der Waals surface area contributed by atoms with Crippen molar-refractivity contribution in [1.29, 1.82) is 0 Å². The molecule has 25 heavy (non-hydrogen) atoms. The SMILES string of the molecule is O=C(NC[C@@H](CO)Cc1ccsc1)N1CCN(c2ccncc2)CC1. The molecule has 134 valence electrons. The lowest BCUT2D eigenvalue weighted by molar-refractivity contribution is 0.184.